The monoisotopic (exact) mass is 316 g/mol. The lowest BCUT2D eigenvalue weighted by Gasteiger charge is -2.04. The van der Waals surface area contributed by atoms with E-state index in [0.717, 1.165) is 11.1 Å². The number of nitrogens with zero attached hydrogens (tertiary/aromatic N) is 2. The molecule has 0 aliphatic carbocycles. The lowest BCUT2D eigenvalue weighted by Crippen LogP contribution is -1.80. The molecule has 3 rings (SSSR count). The zero-order valence-electron chi connectivity index (χ0n) is 12.9. The first-order chi connectivity index (χ1) is 11.7. The highest BCUT2D eigenvalue weighted by Crippen LogP contribution is 2.38. The first kappa shape index (κ1) is 15.5. The van der Waals surface area contributed by atoms with E-state index in [2.05, 4.69) is 9.98 Å². The van der Waals surface area contributed by atoms with Gasteiger partial charge in [-0.15, -0.1) is 0 Å². The quantitative estimate of drug-likeness (QED) is 0.691. The fourth-order valence-corrected chi connectivity index (χ4v) is 2.13. The SMILES string of the molecule is Oc1cc(O)c(N=Cc2ccccc2)cc1N=Cc1ccccc1. The van der Waals surface area contributed by atoms with Gasteiger partial charge in [0.1, 0.15) is 22.9 Å². The van der Waals surface area contributed by atoms with Crippen LogP contribution in [0.3, 0.4) is 0 Å². The minimum Gasteiger partial charge on any atom is -0.506 e. The van der Waals surface area contributed by atoms with Crippen LogP contribution in [-0.4, -0.2) is 22.6 Å². The topological polar surface area (TPSA) is 65.2 Å². The smallest absolute Gasteiger partial charge is 0.145 e. The molecule has 4 heteroatoms. The number of hydrogen-bond acceptors (Lipinski definition) is 4. The maximum Gasteiger partial charge on any atom is 0.145 e. The van der Waals surface area contributed by atoms with Gasteiger partial charge in [-0.2, -0.15) is 0 Å². The van der Waals surface area contributed by atoms with Gasteiger partial charge in [0.2, 0.25) is 0 Å². The maximum atomic E-state index is 9.95. The van der Waals surface area contributed by atoms with Crippen molar-refractivity contribution < 1.29 is 10.2 Å². The number of phenolic OH excluding ortho intramolecular Hbond substituents is 2. The van der Waals surface area contributed by atoms with Crippen LogP contribution in [0.15, 0.2) is 82.8 Å². The fraction of sp³-hybridized carbons (Fsp3) is 0. The van der Waals surface area contributed by atoms with E-state index in [1.807, 2.05) is 60.7 Å². The fourth-order valence-electron chi connectivity index (χ4n) is 2.13. The molecular formula is C20H16N2O2. The van der Waals surface area contributed by atoms with Crippen LogP contribution in [0.1, 0.15) is 11.1 Å². The van der Waals surface area contributed by atoms with Crippen LogP contribution in [0.5, 0.6) is 11.5 Å². The summed E-state index contributed by atoms with van der Waals surface area (Å²) >= 11 is 0. The summed E-state index contributed by atoms with van der Waals surface area (Å²) in [5, 5.41) is 19.9. The Morgan fingerprint density at radius 2 is 1.00 bits per heavy atom. The van der Waals surface area contributed by atoms with Crippen molar-refractivity contribution in [3.8, 4) is 11.5 Å². The minimum atomic E-state index is -0.0988. The van der Waals surface area contributed by atoms with E-state index in [1.54, 1.807) is 18.5 Å². The number of aliphatic imine (C=N–C) groups is 2. The maximum absolute atomic E-state index is 9.95. The Kier molecular flexibility index (Phi) is 4.68. The molecule has 3 aromatic rings. The van der Waals surface area contributed by atoms with Crippen molar-refractivity contribution >= 4 is 23.8 Å². The molecule has 0 aromatic heterocycles. The molecule has 0 radical (unpaired) electrons. The molecule has 0 amide bonds. The molecule has 0 aliphatic heterocycles. The van der Waals surface area contributed by atoms with Crippen LogP contribution < -0.4 is 0 Å². The number of rotatable bonds is 4. The van der Waals surface area contributed by atoms with Crippen molar-refractivity contribution in [3.63, 3.8) is 0 Å². The molecule has 0 saturated carbocycles. The molecule has 0 bridgehead atoms. The highest BCUT2D eigenvalue weighted by atomic mass is 16.3. The van der Waals surface area contributed by atoms with E-state index in [0.29, 0.717) is 11.4 Å². The van der Waals surface area contributed by atoms with Gasteiger partial charge in [-0.1, -0.05) is 60.7 Å². The van der Waals surface area contributed by atoms with E-state index in [1.165, 1.54) is 6.07 Å². The van der Waals surface area contributed by atoms with Gasteiger partial charge in [-0.25, -0.2) is 0 Å². The van der Waals surface area contributed by atoms with Crippen molar-refractivity contribution in [2.75, 3.05) is 0 Å². The highest BCUT2D eigenvalue weighted by molar-refractivity contribution is 5.85. The van der Waals surface area contributed by atoms with Crippen LogP contribution in [0.2, 0.25) is 0 Å². The Bertz CT molecular complexity index is 802. The van der Waals surface area contributed by atoms with E-state index in [9.17, 15) is 10.2 Å². The molecule has 0 fully saturated rings. The third-order valence-corrected chi connectivity index (χ3v) is 3.38. The van der Waals surface area contributed by atoms with Crippen molar-refractivity contribution in [2.24, 2.45) is 9.98 Å². The Morgan fingerprint density at radius 1 is 0.583 bits per heavy atom. The Labute approximate surface area is 140 Å². The first-order valence-electron chi connectivity index (χ1n) is 7.46. The predicted octanol–water partition coefficient (Wildman–Crippen LogP) is 4.60. The van der Waals surface area contributed by atoms with Crippen molar-refractivity contribution in [1.82, 2.24) is 0 Å². The Morgan fingerprint density at radius 3 is 1.42 bits per heavy atom. The largest absolute Gasteiger partial charge is 0.506 e. The molecule has 0 aliphatic rings. The zero-order valence-corrected chi connectivity index (χ0v) is 12.9. The lowest BCUT2D eigenvalue weighted by molar-refractivity contribution is 0.452. The summed E-state index contributed by atoms with van der Waals surface area (Å²) in [5.41, 5.74) is 2.52. The van der Waals surface area contributed by atoms with Crippen molar-refractivity contribution in [1.29, 1.82) is 0 Å². The van der Waals surface area contributed by atoms with Gasteiger partial charge in [0.25, 0.3) is 0 Å². The number of aromatic hydroxyl groups is 2. The number of phenols is 2. The van der Waals surface area contributed by atoms with Crippen molar-refractivity contribution in [3.05, 3.63) is 83.9 Å². The van der Waals surface area contributed by atoms with Crippen LogP contribution in [0.25, 0.3) is 0 Å². The van der Waals surface area contributed by atoms with E-state index >= 15 is 0 Å². The third-order valence-electron chi connectivity index (χ3n) is 3.38. The summed E-state index contributed by atoms with van der Waals surface area (Å²) in [5.74, 6) is -0.198. The van der Waals surface area contributed by atoms with Gasteiger partial charge in [0.05, 0.1) is 0 Å². The summed E-state index contributed by atoms with van der Waals surface area (Å²) in [4.78, 5) is 8.55. The molecule has 3 aromatic carbocycles. The van der Waals surface area contributed by atoms with Gasteiger partial charge in [-0.3, -0.25) is 9.98 Å². The molecule has 0 atom stereocenters. The Hall–Kier alpha value is -3.40. The van der Waals surface area contributed by atoms with Gasteiger partial charge in [0, 0.05) is 18.5 Å². The Balaban J connectivity index is 1.89. The average Bonchev–Trinajstić information content (AvgIpc) is 2.62. The van der Waals surface area contributed by atoms with Gasteiger partial charge >= 0.3 is 0 Å². The molecule has 2 N–H and O–H groups in total. The number of benzene rings is 3. The van der Waals surface area contributed by atoms with E-state index in [-0.39, 0.29) is 11.5 Å². The molecule has 0 saturated heterocycles. The van der Waals surface area contributed by atoms with Crippen LogP contribution >= 0.6 is 0 Å². The van der Waals surface area contributed by atoms with Gasteiger partial charge in [0.15, 0.2) is 0 Å². The van der Waals surface area contributed by atoms with Crippen LogP contribution in [0.4, 0.5) is 11.4 Å². The molecule has 0 heterocycles. The summed E-state index contributed by atoms with van der Waals surface area (Å²) < 4.78 is 0. The second-order valence-electron chi connectivity index (χ2n) is 5.17. The normalized spacial score (nSPS) is 11.3. The summed E-state index contributed by atoms with van der Waals surface area (Å²) in [7, 11) is 0. The standard InChI is InChI=1S/C20H16N2O2/c23-19-12-20(24)18(22-14-16-9-5-2-6-10-16)11-17(19)21-13-15-7-3-1-4-8-15/h1-14,23-24H. The first-order valence-corrected chi connectivity index (χ1v) is 7.46. The van der Waals surface area contributed by atoms with Crippen molar-refractivity contribution in [2.45, 2.75) is 0 Å². The molecule has 118 valence electrons. The third kappa shape index (κ3) is 3.87. The lowest BCUT2D eigenvalue weighted by atomic mass is 10.2. The summed E-state index contributed by atoms with van der Waals surface area (Å²) in [6.07, 6.45) is 3.30. The molecule has 0 unspecified atom stereocenters. The molecular weight excluding hydrogens is 300 g/mol. The van der Waals surface area contributed by atoms with Gasteiger partial charge in [-0.05, 0) is 17.2 Å². The second kappa shape index (κ2) is 7.24. The van der Waals surface area contributed by atoms with E-state index in [4.69, 9.17) is 0 Å². The average molecular weight is 316 g/mol. The minimum absolute atomic E-state index is 0.0988. The van der Waals surface area contributed by atoms with Gasteiger partial charge < -0.3 is 10.2 Å². The van der Waals surface area contributed by atoms with Crippen LogP contribution in [-0.2, 0) is 0 Å². The summed E-state index contributed by atoms with van der Waals surface area (Å²) in [6.45, 7) is 0. The zero-order chi connectivity index (χ0) is 16.8. The van der Waals surface area contributed by atoms with E-state index < -0.39 is 0 Å². The summed E-state index contributed by atoms with van der Waals surface area (Å²) in [6, 6.07) is 21.9. The second-order valence-corrected chi connectivity index (χ2v) is 5.17. The number of hydrogen-bond donors (Lipinski definition) is 2. The van der Waals surface area contributed by atoms with Crippen LogP contribution in [0, 0.1) is 0 Å². The molecule has 4 nitrogen and oxygen atoms in total. The molecule has 0 spiro atoms. The molecule has 24 heavy (non-hydrogen) atoms. The predicted molar refractivity (Wildman–Crippen MR) is 97.2 cm³/mol. The highest BCUT2D eigenvalue weighted by Gasteiger charge is 2.07.